The molecule has 0 aliphatic carbocycles. The van der Waals surface area contributed by atoms with E-state index in [2.05, 4.69) is 28.9 Å². The highest BCUT2D eigenvalue weighted by Gasteiger charge is 2.28. The number of piperazine rings is 1. The molecule has 0 radical (unpaired) electrons. The molecule has 2 unspecified atom stereocenters. The first-order valence-corrected chi connectivity index (χ1v) is 9.23. The summed E-state index contributed by atoms with van der Waals surface area (Å²) < 4.78 is 0. The Kier molecular flexibility index (Phi) is 5.42. The van der Waals surface area contributed by atoms with E-state index in [9.17, 15) is 9.59 Å². The van der Waals surface area contributed by atoms with E-state index >= 15 is 0 Å². The van der Waals surface area contributed by atoms with Gasteiger partial charge in [-0.3, -0.25) is 19.6 Å². The predicted molar refractivity (Wildman–Crippen MR) is 95.2 cm³/mol. The van der Waals surface area contributed by atoms with E-state index in [-0.39, 0.29) is 11.8 Å². The zero-order valence-electron chi connectivity index (χ0n) is 15.5. The van der Waals surface area contributed by atoms with Gasteiger partial charge in [-0.05, 0) is 31.2 Å². The van der Waals surface area contributed by atoms with Gasteiger partial charge in [-0.25, -0.2) is 0 Å². The summed E-state index contributed by atoms with van der Waals surface area (Å²) in [6.45, 7) is 11.3. The summed E-state index contributed by atoms with van der Waals surface area (Å²) in [5, 5.41) is 6.85. The Balaban J connectivity index is 1.47. The molecule has 0 bridgehead atoms. The lowest BCUT2D eigenvalue weighted by Gasteiger charge is -2.38. The molecule has 7 nitrogen and oxygen atoms in total. The Labute approximate surface area is 149 Å². The molecule has 1 aromatic heterocycles. The summed E-state index contributed by atoms with van der Waals surface area (Å²) in [4.78, 5) is 31.0. The van der Waals surface area contributed by atoms with E-state index in [1.807, 2.05) is 16.7 Å². The fraction of sp³-hybridized carbons (Fsp3) is 0.722. The van der Waals surface area contributed by atoms with E-state index in [1.165, 1.54) is 6.42 Å². The van der Waals surface area contributed by atoms with Gasteiger partial charge in [-0.1, -0.05) is 13.8 Å². The zero-order chi connectivity index (χ0) is 18.0. The molecule has 25 heavy (non-hydrogen) atoms. The number of amides is 2. The molecule has 3 heterocycles. The number of aromatic nitrogens is 2. The van der Waals surface area contributed by atoms with Gasteiger partial charge in [0.05, 0.1) is 6.54 Å². The van der Waals surface area contributed by atoms with Crippen molar-refractivity contribution in [3.05, 3.63) is 17.5 Å². The van der Waals surface area contributed by atoms with Crippen LogP contribution in [-0.2, 0) is 4.79 Å². The van der Waals surface area contributed by atoms with Gasteiger partial charge in [-0.2, -0.15) is 5.10 Å². The second-order valence-electron chi connectivity index (χ2n) is 7.75. The average molecular weight is 347 g/mol. The largest absolute Gasteiger partial charge is 0.341 e. The minimum absolute atomic E-state index is 0.0333. The highest BCUT2D eigenvalue weighted by atomic mass is 16.2. The van der Waals surface area contributed by atoms with Crippen molar-refractivity contribution in [2.24, 2.45) is 11.8 Å². The lowest BCUT2D eigenvalue weighted by Crippen LogP contribution is -2.53. The smallest absolute Gasteiger partial charge is 0.274 e. The van der Waals surface area contributed by atoms with Crippen LogP contribution in [-0.4, -0.2) is 82.5 Å². The van der Waals surface area contributed by atoms with Crippen molar-refractivity contribution in [2.45, 2.75) is 27.2 Å². The number of aromatic amines is 1. The summed E-state index contributed by atoms with van der Waals surface area (Å²) in [6.07, 6.45) is 1.21. The lowest BCUT2D eigenvalue weighted by molar-refractivity contribution is -0.135. The Morgan fingerprint density at radius 3 is 2.32 bits per heavy atom. The number of piperidine rings is 1. The van der Waals surface area contributed by atoms with Crippen LogP contribution < -0.4 is 0 Å². The Morgan fingerprint density at radius 1 is 1.12 bits per heavy atom. The molecule has 3 rings (SSSR count). The van der Waals surface area contributed by atoms with E-state index in [0.717, 1.165) is 31.9 Å². The first kappa shape index (κ1) is 17.9. The van der Waals surface area contributed by atoms with Gasteiger partial charge in [0.2, 0.25) is 5.91 Å². The Bertz CT molecular complexity index is 611. The molecule has 1 N–H and O–H groups in total. The molecule has 2 atom stereocenters. The third-order valence-corrected chi connectivity index (χ3v) is 5.16. The number of nitrogens with one attached hydrogen (secondary N) is 1. The van der Waals surface area contributed by atoms with Crippen molar-refractivity contribution in [3.63, 3.8) is 0 Å². The molecule has 0 aromatic carbocycles. The number of likely N-dealkylation sites (tertiary alicyclic amines) is 1. The van der Waals surface area contributed by atoms with Crippen molar-refractivity contribution in [1.29, 1.82) is 0 Å². The Hall–Kier alpha value is -1.89. The zero-order valence-corrected chi connectivity index (χ0v) is 15.5. The highest BCUT2D eigenvalue weighted by molar-refractivity contribution is 5.92. The monoisotopic (exact) mass is 347 g/mol. The summed E-state index contributed by atoms with van der Waals surface area (Å²) in [7, 11) is 0. The fourth-order valence-electron chi connectivity index (χ4n) is 3.96. The third-order valence-electron chi connectivity index (χ3n) is 5.16. The molecule has 0 spiro atoms. The van der Waals surface area contributed by atoms with Crippen LogP contribution in [0.25, 0.3) is 0 Å². The van der Waals surface area contributed by atoms with Crippen LogP contribution in [0.5, 0.6) is 0 Å². The van der Waals surface area contributed by atoms with Crippen molar-refractivity contribution in [2.75, 3.05) is 45.8 Å². The van der Waals surface area contributed by atoms with E-state index < -0.39 is 0 Å². The number of carbonyl (C=O) groups is 2. The molecule has 2 aliphatic heterocycles. The number of hydrogen-bond acceptors (Lipinski definition) is 4. The van der Waals surface area contributed by atoms with Gasteiger partial charge in [0, 0.05) is 45.0 Å². The van der Waals surface area contributed by atoms with Crippen molar-refractivity contribution in [1.82, 2.24) is 24.9 Å². The molecular formula is C18H29N5O2. The highest BCUT2D eigenvalue weighted by Crippen LogP contribution is 2.21. The van der Waals surface area contributed by atoms with Crippen LogP contribution in [0.15, 0.2) is 6.07 Å². The topological polar surface area (TPSA) is 72.5 Å². The maximum Gasteiger partial charge on any atom is 0.274 e. The summed E-state index contributed by atoms with van der Waals surface area (Å²) in [5.74, 6) is 1.36. The number of H-pyrrole nitrogens is 1. The van der Waals surface area contributed by atoms with Crippen LogP contribution in [0.1, 0.15) is 36.5 Å². The number of hydrogen-bond donors (Lipinski definition) is 1. The van der Waals surface area contributed by atoms with Gasteiger partial charge < -0.3 is 9.80 Å². The maximum atomic E-state index is 12.6. The predicted octanol–water partition coefficient (Wildman–Crippen LogP) is 0.980. The number of rotatable bonds is 3. The van der Waals surface area contributed by atoms with E-state index in [1.54, 1.807) is 6.07 Å². The molecule has 2 amide bonds. The molecule has 2 fully saturated rings. The van der Waals surface area contributed by atoms with Gasteiger partial charge in [0.15, 0.2) is 0 Å². The summed E-state index contributed by atoms with van der Waals surface area (Å²) in [5.41, 5.74) is 1.36. The fourth-order valence-corrected chi connectivity index (χ4v) is 3.96. The van der Waals surface area contributed by atoms with Crippen LogP contribution in [0.3, 0.4) is 0 Å². The second-order valence-corrected chi connectivity index (χ2v) is 7.75. The number of carbonyl (C=O) groups excluding carboxylic acids is 2. The minimum Gasteiger partial charge on any atom is -0.341 e. The summed E-state index contributed by atoms with van der Waals surface area (Å²) >= 11 is 0. The maximum absolute atomic E-state index is 12.6. The van der Waals surface area contributed by atoms with Crippen molar-refractivity contribution >= 4 is 11.8 Å². The minimum atomic E-state index is -0.0333. The number of aryl methyl sites for hydroxylation is 1. The van der Waals surface area contributed by atoms with Gasteiger partial charge in [0.1, 0.15) is 5.69 Å². The van der Waals surface area contributed by atoms with Crippen LogP contribution >= 0.6 is 0 Å². The molecule has 138 valence electrons. The quantitative estimate of drug-likeness (QED) is 0.885. The molecule has 0 saturated carbocycles. The molecule has 1 aromatic rings. The van der Waals surface area contributed by atoms with Crippen LogP contribution in [0.2, 0.25) is 0 Å². The van der Waals surface area contributed by atoms with Crippen LogP contribution in [0, 0.1) is 18.8 Å². The van der Waals surface area contributed by atoms with Gasteiger partial charge >= 0.3 is 0 Å². The molecule has 7 heteroatoms. The third kappa shape index (κ3) is 4.39. The summed E-state index contributed by atoms with van der Waals surface area (Å²) in [6, 6.07) is 1.77. The average Bonchev–Trinajstić information content (AvgIpc) is 3.00. The van der Waals surface area contributed by atoms with Crippen LogP contribution in [0.4, 0.5) is 0 Å². The van der Waals surface area contributed by atoms with Gasteiger partial charge in [-0.15, -0.1) is 0 Å². The normalized spacial score (nSPS) is 25.2. The van der Waals surface area contributed by atoms with Gasteiger partial charge in [0.25, 0.3) is 5.91 Å². The first-order chi connectivity index (χ1) is 11.9. The van der Waals surface area contributed by atoms with Crippen molar-refractivity contribution in [3.8, 4) is 0 Å². The Morgan fingerprint density at radius 2 is 1.76 bits per heavy atom. The SMILES string of the molecule is Cc1cc(C(=O)N2CCN(CC(=O)N3CC(C)CC(C)C3)CC2)n[nH]1. The number of nitrogens with zero attached hydrogens (tertiary/aromatic N) is 4. The first-order valence-electron chi connectivity index (χ1n) is 9.23. The van der Waals surface area contributed by atoms with E-state index in [4.69, 9.17) is 0 Å². The molecule has 2 aliphatic rings. The second kappa shape index (κ2) is 7.56. The lowest BCUT2D eigenvalue weighted by atomic mass is 9.92. The molecule has 2 saturated heterocycles. The van der Waals surface area contributed by atoms with Crippen molar-refractivity contribution < 1.29 is 9.59 Å². The van der Waals surface area contributed by atoms with E-state index in [0.29, 0.717) is 37.2 Å². The molecular weight excluding hydrogens is 318 g/mol. The standard InChI is InChI=1S/C18H29N5O2/c1-13-8-14(2)11-23(10-13)17(24)12-21-4-6-22(7-5-21)18(25)16-9-15(3)19-20-16/h9,13-14H,4-8,10-12H2,1-3H3,(H,19,20).